The molecular weight excluding hydrogens is 759 g/mol. The molecule has 7 rings (SSSR count). The molecule has 21 heteroatoms. The molecule has 3 aromatic heterocycles. The predicted molar refractivity (Wildman–Crippen MR) is 188 cm³/mol. The molecule has 55 heavy (non-hydrogen) atoms. The van der Waals surface area contributed by atoms with Crippen molar-refractivity contribution in [1.82, 2.24) is 34.0 Å². The summed E-state index contributed by atoms with van der Waals surface area (Å²) in [6.07, 6.45) is -2.85. The van der Waals surface area contributed by atoms with Crippen molar-refractivity contribution in [2.45, 2.75) is 32.5 Å². The molecule has 4 aromatic rings. The number of carbonyl (C=O) groups excluding carboxylic acids is 2. The van der Waals surface area contributed by atoms with Crippen molar-refractivity contribution in [3.8, 4) is 5.75 Å². The zero-order chi connectivity index (χ0) is 39.2. The summed E-state index contributed by atoms with van der Waals surface area (Å²) in [5.41, 5.74) is -0.594. The van der Waals surface area contributed by atoms with Gasteiger partial charge in [-0.05, 0) is 36.6 Å². The number of nitrogens with one attached hydrogen (secondary N) is 1. The second-order valence-electron chi connectivity index (χ2n) is 12.9. The van der Waals surface area contributed by atoms with Gasteiger partial charge >= 0.3 is 6.18 Å². The number of hydrogen-bond acceptors (Lipinski definition) is 11. The number of rotatable bonds is 8. The van der Waals surface area contributed by atoms with Gasteiger partial charge in [0.1, 0.15) is 18.6 Å². The first-order valence-electron chi connectivity index (χ1n) is 17.1. The summed E-state index contributed by atoms with van der Waals surface area (Å²) in [6.45, 7) is 2.27. The molecule has 3 aliphatic rings. The molecule has 2 fully saturated rings. The van der Waals surface area contributed by atoms with Crippen molar-refractivity contribution in [2.24, 2.45) is 0 Å². The Morgan fingerprint density at radius 3 is 2.45 bits per heavy atom. The molecule has 0 aliphatic carbocycles. The van der Waals surface area contributed by atoms with Crippen LogP contribution in [0.2, 0.25) is 5.02 Å². The van der Waals surface area contributed by atoms with Gasteiger partial charge in [-0.3, -0.25) is 14.4 Å². The highest BCUT2D eigenvalue weighted by atomic mass is 35.5. The summed E-state index contributed by atoms with van der Waals surface area (Å²) in [5, 5.41) is 17.6. The average molecular weight is 791 g/mol. The van der Waals surface area contributed by atoms with Crippen molar-refractivity contribution in [3.05, 3.63) is 80.4 Å². The molecule has 15 nitrogen and oxygen atoms in total. The standard InChI is InChI=1S/C34H32ClF5N10O5/c1-2-23-26(46-7-9-47(10-8-46)31(53)25-27(52)30(42-17-41-25)48-14-19(15-48)28(36)37)32(54)50-33(44-29(45-50)18-5-11-55-12-6-18)49(23)16-24(51)43-22-4-3-20(13-21(22)35)34(38,39)40/h3-5,13,17,52H,2,6-12,14-16H2,1H3,(H,43,51). The second kappa shape index (κ2) is 14.9. The molecule has 3 aliphatic heterocycles. The quantitative estimate of drug-likeness (QED) is 0.248. The third-order valence-corrected chi connectivity index (χ3v) is 9.81. The molecule has 0 saturated carbocycles. The highest BCUT2D eigenvalue weighted by Crippen LogP contribution is 2.35. The Kier molecular flexibility index (Phi) is 10.2. The van der Waals surface area contributed by atoms with Crippen LogP contribution >= 0.6 is 11.6 Å². The lowest BCUT2D eigenvalue weighted by Gasteiger charge is -2.37. The zero-order valence-electron chi connectivity index (χ0n) is 29.0. The van der Waals surface area contributed by atoms with Crippen molar-refractivity contribution < 1.29 is 41.4 Å². The number of aromatic nitrogens is 6. The lowest BCUT2D eigenvalue weighted by atomic mass is 10.1. The maximum absolute atomic E-state index is 14.2. The first-order valence-corrected chi connectivity index (χ1v) is 17.4. The highest BCUT2D eigenvalue weighted by Gasteiger charge is 2.34. The van der Waals surface area contributed by atoms with Crippen molar-refractivity contribution in [1.29, 1.82) is 0 Å². The minimum atomic E-state index is -4.64. The SMILES string of the molecule is CCc1c(N2CCN(C(=O)c3ncnc(N4CC(=C(F)F)C4)c3O)CC2)c(=O)n2nc(C3=CCOCC3)nc2n1CC(=O)Nc1ccc(C(F)(F)F)cc1Cl. The Morgan fingerprint density at radius 1 is 1.07 bits per heavy atom. The normalized spacial score (nSPS) is 16.3. The van der Waals surface area contributed by atoms with Crippen molar-refractivity contribution in [2.75, 3.05) is 67.6 Å². The fraction of sp³-hybridized carbons (Fsp3) is 0.382. The molecular formula is C34H32ClF5N10O5. The first kappa shape index (κ1) is 37.7. The molecule has 6 heterocycles. The van der Waals surface area contributed by atoms with Gasteiger partial charge in [0.05, 0.1) is 35.2 Å². The number of ether oxygens (including phenoxy) is 1. The summed E-state index contributed by atoms with van der Waals surface area (Å²) >= 11 is 6.11. The van der Waals surface area contributed by atoms with E-state index in [9.17, 15) is 41.4 Å². The topological polar surface area (TPSA) is 163 Å². The number of alkyl halides is 3. The summed E-state index contributed by atoms with van der Waals surface area (Å²) < 4.78 is 73.5. The van der Waals surface area contributed by atoms with Crippen LogP contribution < -0.4 is 20.7 Å². The number of halogens is 6. The van der Waals surface area contributed by atoms with Crippen LogP contribution in [0.15, 0.2) is 47.1 Å². The van der Waals surface area contributed by atoms with Gasteiger partial charge in [0, 0.05) is 44.8 Å². The van der Waals surface area contributed by atoms with E-state index in [1.165, 1.54) is 14.4 Å². The Balaban J connectivity index is 1.17. The van der Waals surface area contributed by atoms with Crippen LogP contribution in [0, 0.1) is 0 Å². The second-order valence-corrected chi connectivity index (χ2v) is 13.3. The van der Waals surface area contributed by atoms with E-state index in [1.807, 2.05) is 0 Å². The first-order chi connectivity index (χ1) is 26.2. The lowest BCUT2D eigenvalue weighted by Crippen LogP contribution is -2.51. The number of carbonyl (C=O) groups is 2. The Labute approximate surface area is 313 Å². The van der Waals surface area contributed by atoms with Crippen LogP contribution in [0.1, 0.15) is 40.9 Å². The number of piperazine rings is 1. The van der Waals surface area contributed by atoms with Crippen LogP contribution in [0.4, 0.5) is 39.1 Å². The minimum Gasteiger partial charge on any atom is -0.503 e. The lowest BCUT2D eigenvalue weighted by molar-refractivity contribution is -0.137. The summed E-state index contributed by atoms with van der Waals surface area (Å²) in [7, 11) is 0. The van der Waals surface area contributed by atoms with Crippen LogP contribution in [0.5, 0.6) is 5.75 Å². The van der Waals surface area contributed by atoms with Gasteiger partial charge in [0.15, 0.2) is 23.1 Å². The molecule has 0 spiro atoms. The molecule has 2 N–H and O–H groups in total. The monoisotopic (exact) mass is 790 g/mol. The van der Waals surface area contributed by atoms with Gasteiger partial charge in [-0.25, -0.2) is 9.97 Å². The van der Waals surface area contributed by atoms with E-state index in [-0.39, 0.29) is 90.8 Å². The molecule has 0 bridgehead atoms. The number of nitrogens with zero attached hydrogens (tertiary/aromatic N) is 9. The number of benzene rings is 1. The summed E-state index contributed by atoms with van der Waals surface area (Å²) in [5.74, 6) is -1.54. The number of hydrogen-bond donors (Lipinski definition) is 2. The number of fused-ring (bicyclic) bond motifs is 1. The third kappa shape index (κ3) is 7.30. The Hall–Kier alpha value is -5.63. The van der Waals surface area contributed by atoms with Gasteiger partial charge in [-0.1, -0.05) is 24.6 Å². The molecule has 0 unspecified atom stereocenters. The summed E-state index contributed by atoms with van der Waals surface area (Å²) in [6, 6.07) is 2.56. The van der Waals surface area contributed by atoms with E-state index in [4.69, 9.17) is 16.3 Å². The predicted octanol–water partition coefficient (Wildman–Crippen LogP) is 4.00. The Bertz CT molecular complexity index is 2310. The smallest absolute Gasteiger partial charge is 0.416 e. The van der Waals surface area contributed by atoms with E-state index in [2.05, 4.69) is 25.4 Å². The Morgan fingerprint density at radius 2 is 1.82 bits per heavy atom. The number of amides is 2. The number of anilines is 3. The van der Waals surface area contributed by atoms with Crippen molar-refractivity contribution in [3.63, 3.8) is 0 Å². The largest absolute Gasteiger partial charge is 0.503 e. The molecule has 2 amide bonds. The number of aromatic hydroxyl groups is 1. The fourth-order valence-electron chi connectivity index (χ4n) is 6.65. The van der Waals surface area contributed by atoms with E-state index < -0.39 is 47.5 Å². The average Bonchev–Trinajstić information content (AvgIpc) is 3.59. The van der Waals surface area contributed by atoms with Crippen LogP contribution in [-0.2, 0) is 28.7 Å². The molecule has 290 valence electrons. The third-order valence-electron chi connectivity index (χ3n) is 9.50. The van der Waals surface area contributed by atoms with Gasteiger partial charge in [0.2, 0.25) is 11.7 Å². The van der Waals surface area contributed by atoms with Crippen LogP contribution in [0.25, 0.3) is 11.4 Å². The zero-order valence-corrected chi connectivity index (χ0v) is 29.8. The van der Waals surface area contributed by atoms with E-state index in [1.54, 1.807) is 17.9 Å². The maximum Gasteiger partial charge on any atom is 0.416 e. The van der Waals surface area contributed by atoms with Gasteiger partial charge in [-0.15, -0.1) is 5.10 Å². The fourth-order valence-corrected chi connectivity index (χ4v) is 6.87. The van der Waals surface area contributed by atoms with Gasteiger partial charge in [-0.2, -0.15) is 31.5 Å². The van der Waals surface area contributed by atoms with Crippen molar-refractivity contribution >= 4 is 52.0 Å². The van der Waals surface area contributed by atoms with E-state index >= 15 is 0 Å². The van der Waals surface area contributed by atoms with E-state index in [0.29, 0.717) is 31.4 Å². The minimum absolute atomic E-state index is 0.0447. The van der Waals surface area contributed by atoms with Gasteiger partial charge in [0.25, 0.3) is 17.5 Å². The summed E-state index contributed by atoms with van der Waals surface area (Å²) in [4.78, 5) is 58.4. The van der Waals surface area contributed by atoms with Gasteiger partial charge < -0.3 is 34.4 Å². The highest BCUT2D eigenvalue weighted by molar-refractivity contribution is 6.33. The van der Waals surface area contributed by atoms with E-state index in [0.717, 1.165) is 28.5 Å². The van der Waals surface area contributed by atoms with Crippen LogP contribution in [0.3, 0.4) is 0 Å². The maximum atomic E-state index is 14.2. The molecule has 1 aromatic carbocycles. The molecule has 0 atom stereocenters. The van der Waals surface area contributed by atoms with Crippen LogP contribution in [-0.4, -0.2) is 103 Å². The molecule has 2 saturated heterocycles. The molecule has 0 radical (unpaired) electrons.